The Morgan fingerprint density at radius 1 is 1.08 bits per heavy atom. The highest BCUT2D eigenvalue weighted by Crippen LogP contribution is 2.31. The molecule has 0 N–H and O–H groups in total. The molecule has 1 unspecified atom stereocenters. The van der Waals surface area contributed by atoms with Crippen molar-refractivity contribution in [3.8, 4) is 5.75 Å². The number of anilines is 1. The van der Waals surface area contributed by atoms with Crippen molar-refractivity contribution in [2.24, 2.45) is 0 Å². The number of rotatable bonds is 4. The summed E-state index contributed by atoms with van der Waals surface area (Å²) in [5.41, 5.74) is 0.710. The fraction of sp³-hybridized carbons (Fsp3) is 0.789. The second-order valence-corrected chi connectivity index (χ2v) is 7.74. The number of likely N-dealkylation sites (N-methyl/N-ethyl adjacent to an activating group) is 1. The van der Waals surface area contributed by atoms with Crippen LogP contribution in [0.5, 0.6) is 5.75 Å². The summed E-state index contributed by atoms with van der Waals surface area (Å²) in [7, 11) is 2.13. The summed E-state index contributed by atoms with van der Waals surface area (Å²) in [4.78, 5) is 17.8. The van der Waals surface area contributed by atoms with Crippen LogP contribution in [-0.2, 0) is 4.74 Å². The van der Waals surface area contributed by atoms with Gasteiger partial charge in [-0.3, -0.25) is 4.79 Å². The second kappa shape index (κ2) is 7.96. The van der Waals surface area contributed by atoms with Crippen molar-refractivity contribution < 1.29 is 9.47 Å². The number of ether oxygens (including phenoxy) is 2. The number of hydrogen-bond donors (Lipinski definition) is 0. The molecular weight excluding hydrogens is 332 g/mol. The number of hydrogen-bond acceptors (Lipinski definition) is 6. The average Bonchev–Trinajstić information content (AvgIpc) is 3.18. The Balaban J connectivity index is 1.65. The molecule has 144 valence electrons. The molecule has 1 atom stereocenters. The minimum atomic E-state index is -0.260. The van der Waals surface area contributed by atoms with E-state index in [0.29, 0.717) is 12.4 Å². The third-order valence-corrected chi connectivity index (χ3v) is 5.80. The Labute approximate surface area is 154 Å². The highest BCUT2D eigenvalue weighted by molar-refractivity contribution is 5.56. The molecule has 1 saturated carbocycles. The molecule has 2 saturated heterocycles. The van der Waals surface area contributed by atoms with E-state index in [-0.39, 0.29) is 17.9 Å². The molecule has 3 aliphatic rings. The van der Waals surface area contributed by atoms with E-state index in [1.807, 2.05) is 6.20 Å². The Morgan fingerprint density at radius 3 is 2.50 bits per heavy atom. The molecule has 0 aromatic carbocycles. The van der Waals surface area contributed by atoms with Crippen molar-refractivity contribution >= 4 is 5.69 Å². The van der Waals surface area contributed by atoms with E-state index in [2.05, 4.69) is 21.9 Å². The minimum Gasteiger partial charge on any atom is -0.483 e. The molecule has 1 aromatic rings. The maximum atomic E-state index is 13.2. The summed E-state index contributed by atoms with van der Waals surface area (Å²) in [5.74, 6) is 0.477. The summed E-state index contributed by atoms with van der Waals surface area (Å²) in [5, 5.41) is 4.48. The van der Waals surface area contributed by atoms with Gasteiger partial charge in [0.15, 0.2) is 6.23 Å². The van der Waals surface area contributed by atoms with Crippen molar-refractivity contribution in [2.75, 3.05) is 44.7 Å². The second-order valence-electron chi connectivity index (χ2n) is 7.74. The first-order valence-corrected chi connectivity index (χ1v) is 10.1. The molecule has 26 heavy (non-hydrogen) atoms. The van der Waals surface area contributed by atoms with Gasteiger partial charge in [0.05, 0.1) is 12.3 Å². The third kappa shape index (κ3) is 3.74. The van der Waals surface area contributed by atoms with Crippen LogP contribution in [0.2, 0.25) is 0 Å². The van der Waals surface area contributed by atoms with Crippen LogP contribution in [0.1, 0.15) is 51.2 Å². The quantitative estimate of drug-likeness (QED) is 0.817. The zero-order valence-electron chi connectivity index (χ0n) is 15.7. The summed E-state index contributed by atoms with van der Waals surface area (Å²) in [6, 6.07) is 0. The van der Waals surface area contributed by atoms with Crippen LogP contribution in [0.15, 0.2) is 11.0 Å². The molecule has 1 aliphatic carbocycles. The van der Waals surface area contributed by atoms with E-state index < -0.39 is 0 Å². The lowest BCUT2D eigenvalue weighted by molar-refractivity contribution is -0.0431. The van der Waals surface area contributed by atoms with Gasteiger partial charge in [-0.05, 0) is 52.0 Å². The molecule has 3 fully saturated rings. The topological polar surface area (TPSA) is 59.8 Å². The molecule has 1 aromatic heterocycles. The van der Waals surface area contributed by atoms with Gasteiger partial charge in [0.1, 0.15) is 5.69 Å². The van der Waals surface area contributed by atoms with E-state index in [1.165, 1.54) is 17.5 Å². The smallest absolute Gasteiger partial charge is 0.313 e. The van der Waals surface area contributed by atoms with Gasteiger partial charge in [-0.15, -0.1) is 0 Å². The highest BCUT2D eigenvalue weighted by Gasteiger charge is 2.28. The molecule has 3 heterocycles. The lowest BCUT2D eigenvalue weighted by atomic mass is 10.2. The first kappa shape index (κ1) is 17.8. The van der Waals surface area contributed by atoms with Crippen LogP contribution in [-0.4, -0.2) is 60.6 Å². The van der Waals surface area contributed by atoms with E-state index in [0.717, 1.165) is 64.0 Å². The van der Waals surface area contributed by atoms with Gasteiger partial charge in [0.25, 0.3) is 0 Å². The summed E-state index contributed by atoms with van der Waals surface area (Å²) in [6.07, 6.45) is 9.08. The molecule has 7 heteroatoms. The van der Waals surface area contributed by atoms with Gasteiger partial charge in [0.2, 0.25) is 5.75 Å². The largest absolute Gasteiger partial charge is 0.483 e. The van der Waals surface area contributed by atoms with Crippen LogP contribution in [0, 0.1) is 0 Å². The minimum absolute atomic E-state index is 0.139. The fourth-order valence-corrected chi connectivity index (χ4v) is 4.12. The predicted molar refractivity (Wildman–Crippen MR) is 99.9 cm³/mol. The lowest BCUT2D eigenvalue weighted by Crippen LogP contribution is -2.45. The number of aromatic nitrogens is 2. The van der Waals surface area contributed by atoms with Gasteiger partial charge in [-0.2, -0.15) is 9.78 Å². The van der Waals surface area contributed by atoms with Crippen LogP contribution >= 0.6 is 0 Å². The van der Waals surface area contributed by atoms with Gasteiger partial charge < -0.3 is 19.3 Å². The predicted octanol–water partition coefficient (Wildman–Crippen LogP) is 2.02. The molecule has 0 amide bonds. The molecule has 7 nitrogen and oxygen atoms in total. The number of piperazine rings is 1. The summed E-state index contributed by atoms with van der Waals surface area (Å²) < 4.78 is 13.6. The van der Waals surface area contributed by atoms with Crippen molar-refractivity contribution in [1.82, 2.24) is 14.7 Å². The van der Waals surface area contributed by atoms with Crippen molar-refractivity contribution in [1.29, 1.82) is 0 Å². The van der Waals surface area contributed by atoms with Gasteiger partial charge >= 0.3 is 5.56 Å². The summed E-state index contributed by atoms with van der Waals surface area (Å²) >= 11 is 0. The molecule has 2 aliphatic heterocycles. The molecular formula is C19H30N4O3. The number of nitrogens with zero attached hydrogens (tertiary/aromatic N) is 4. The first-order valence-electron chi connectivity index (χ1n) is 10.1. The standard InChI is InChI=1S/C19H30N4O3/c1-21-9-11-22(12-10-21)16-14-20-23(17-8-4-5-13-25-17)19(24)18(16)26-15-6-2-3-7-15/h14-15,17H,2-13H2,1H3. The summed E-state index contributed by atoms with van der Waals surface area (Å²) in [6.45, 7) is 4.44. The Bertz CT molecular complexity index is 657. The van der Waals surface area contributed by atoms with Gasteiger partial charge in [-0.1, -0.05) is 0 Å². The van der Waals surface area contributed by atoms with E-state index in [1.54, 1.807) is 0 Å². The van der Waals surface area contributed by atoms with Crippen molar-refractivity contribution in [2.45, 2.75) is 57.3 Å². The Morgan fingerprint density at radius 2 is 1.81 bits per heavy atom. The Hall–Kier alpha value is -1.60. The zero-order chi connectivity index (χ0) is 17.9. The SMILES string of the molecule is CN1CCN(c2cnn(C3CCCCO3)c(=O)c2OC2CCCC2)CC1. The zero-order valence-corrected chi connectivity index (χ0v) is 15.7. The average molecular weight is 362 g/mol. The van der Waals surface area contributed by atoms with Gasteiger partial charge in [0, 0.05) is 32.8 Å². The van der Waals surface area contributed by atoms with E-state index in [9.17, 15) is 4.79 Å². The van der Waals surface area contributed by atoms with Crippen molar-refractivity contribution in [3.63, 3.8) is 0 Å². The molecule has 0 radical (unpaired) electrons. The molecule has 4 rings (SSSR count). The fourth-order valence-electron chi connectivity index (χ4n) is 4.12. The Kier molecular flexibility index (Phi) is 5.45. The monoisotopic (exact) mass is 362 g/mol. The van der Waals surface area contributed by atoms with Crippen molar-refractivity contribution in [3.05, 3.63) is 16.6 Å². The van der Waals surface area contributed by atoms with Crippen LogP contribution in [0.3, 0.4) is 0 Å². The van der Waals surface area contributed by atoms with E-state index >= 15 is 0 Å². The van der Waals surface area contributed by atoms with Crippen LogP contribution in [0.25, 0.3) is 0 Å². The normalized spacial score (nSPS) is 25.6. The molecule has 0 spiro atoms. The highest BCUT2D eigenvalue weighted by atomic mass is 16.5. The maximum Gasteiger partial charge on any atom is 0.313 e. The molecule has 0 bridgehead atoms. The lowest BCUT2D eigenvalue weighted by Gasteiger charge is -2.35. The van der Waals surface area contributed by atoms with Gasteiger partial charge in [-0.25, -0.2) is 0 Å². The van der Waals surface area contributed by atoms with Crippen LogP contribution in [0.4, 0.5) is 5.69 Å². The maximum absolute atomic E-state index is 13.2. The van der Waals surface area contributed by atoms with Crippen LogP contribution < -0.4 is 15.2 Å². The van der Waals surface area contributed by atoms with E-state index in [4.69, 9.17) is 9.47 Å². The third-order valence-electron chi connectivity index (χ3n) is 5.80. The first-order chi connectivity index (χ1) is 12.7.